The first-order valence-electron chi connectivity index (χ1n) is 6.70. The minimum absolute atomic E-state index is 0.0304. The first kappa shape index (κ1) is 15.2. The van der Waals surface area contributed by atoms with Crippen LogP contribution in [0.1, 0.15) is 25.8 Å². The lowest BCUT2D eigenvalue weighted by molar-refractivity contribution is -0.384. The van der Waals surface area contributed by atoms with Gasteiger partial charge >= 0.3 is 0 Å². The third kappa shape index (κ3) is 3.29. The molecule has 0 aliphatic carbocycles. The molecule has 1 saturated heterocycles. The molecule has 0 bridgehead atoms. The molecule has 1 aromatic rings. The molecule has 0 saturated carbocycles. The van der Waals surface area contributed by atoms with E-state index in [1.807, 2.05) is 6.07 Å². The van der Waals surface area contributed by atoms with Crippen LogP contribution in [0.25, 0.3) is 0 Å². The molecule has 0 amide bonds. The average Bonchev–Trinajstić information content (AvgIpc) is 2.35. The van der Waals surface area contributed by atoms with Gasteiger partial charge in [0.1, 0.15) is 5.02 Å². The fourth-order valence-electron chi connectivity index (χ4n) is 2.67. The Kier molecular flexibility index (Phi) is 4.32. The zero-order chi connectivity index (χ0) is 14.9. The number of rotatable bonds is 3. The Labute approximate surface area is 123 Å². The minimum atomic E-state index is -0.443. The molecule has 1 fully saturated rings. The zero-order valence-electron chi connectivity index (χ0n) is 11.8. The van der Waals surface area contributed by atoms with Crippen LogP contribution < -0.4 is 5.73 Å². The Balaban J connectivity index is 2.11. The van der Waals surface area contributed by atoms with Crippen molar-refractivity contribution < 1.29 is 4.92 Å². The largest absolute Gasteiger partial charge is 0.327 e. The van der Waals surface area contributed by atoms with Gasteiger partial charge in [0.2, 0.25) is 0 Å². The van der Waals surface area contributed by atoms with Crippen LogP contribution in [0.2, 0.25) is 5.02 Å². The number of piperidine rings is 1. The number of nitrogens with two attached hydrogens (primary N) is 1. The summed E-state index contributed by atoms with van der Waals surface area (Å²) in [7, 11) is 0. The van der Waals surface area contributed by atoms with Gasteiger partial charge in [0.15, 0.2) is 0 Å². The Morgan fingerprint density at radius 3 is 2.85 bits per heavy atom. The molecule has 2 rings (SSSR count). The second-order valence-electron chi connectivity index (χ2n) is 6.14. The maximum absolute atomic E-state index is 10.9. The van der Waals surface area contributed by atoms with Crippen molar-refractivity contribution in [1.29, 1.82) is 0 Å². The van der Waals surface area contributed by atoms with Crippen LogP contribution in [0.5, 0.6) is 0 Å². The summed E-state index contributed by atoms with van der Waals surface area (Å²) in [5, 5.41) is 11.1. The van der Waals surface area contributed by atoms with Crippen LogP contribution in [0.3, 0.4) is 0 Å². The first-order valence-corrected chi connectivity index (χ1v) is 7.08. The summed E-state index contributed by atoms with van der Waals surface area (Å²) >= 11 is 5.83. The van der Waals surface area contributed by atoms with Crippen molar-refractivity contribution in [2.75, 3.05) is 13.1 Å². The van der Waals surface area contributed by atoms with Crippen molar-refractivity contribution in [3.8, 4) is 0 Å². The maximum Gasteiger partial charge on any atom is 0.288 e. The van der Waals surface area contributed by atoms with Crippen LogP contribution >= 0.6 is 11.6 Å². The standard InChI is InChI=1S/C14H20ClN3O2/c1-14(2)9-17(6-5-13(14)16)8-10-3-4-11(15)12(7-10)18(19)20/h3-4,7,13H,5-6,8-9,16H2,1-2H3. The lowest BCUT2D eigenvalue weighted by Gasteiger charge is -2.42. The molecule has 0 radical (unpaired) electrons. The monoisotopic (exact) mass is 297 g/mol. The highest BCUT2D eigenvalue weighted by atomic mass is 35.5. The fourth-order valence-corrected chi connectivity index (χ4v) is 2.86. The molecule has 5 nitrogen and oxygen atoms in total. The van der Waals surface area contributed by atoms with E-state index in [2.05, 4.69) is 18.7 Å². The van der Waals surface area contributed by atoms with Gasteiger partial charge in [0, 0.05) is 31.7 Å². The first-order chi connectivity index (χ1) is 9.29. The molecule has 1 aliphatic rings. The van der Waals surface area contributed by atoms with Crippen LogP contribution in [-0.4, -0.2) is 29.0 Å². The fraction of sp³-hybridized carbons (Fsp3) is 0.571. The predicted octanol–water partition coefficient (Wildman–Crippen LogP) is 2.81. The van der Waals surface area contributed by atoms with Gasteiger partial charge in [-0.25, -0.2) is 0 Å². The predicted molar refractivity (Wildman–Crippen MR) is 79.8 cm³/mol. The molecule has 0 aromatic heterocycles. The maximum atomic E-state index is 10.9. The molecule has 1 unspecified atom stereocenters. The molecule has 2 N–H and O–H groups in total. The summed E-state index contributed by atoms with van der Waals surface area (Å²) in [6.07, 6.45) is 0.947. The molecule has 0 spiro atoms. The number of nitrogens with zero attached hydrogens (tertiary/aromatic N) is 2. The van der Waals surface area contributed by atoms with E-state index in [9.17, 15) is 10.1 Å². The van der Waals surface area contributed by atoms with Crippen molar-refractivity contribution in [3.63, 3.8) is 0 Å². The van der Waals surface area contributed by atoms with Crippen molar-refractivity contribution in [2.45, 2.75) is 32.9 Å². The second-order valence-corrected chi connectivity index (χ2v) is 6.54. The van der Waals surface area contributed by atoms with E-state index >= 15 is 0 Å². The summed E-state index contributed by atoms with van der Waals surface area (Å²) < 4.78 is 0. The number of likely N-dealkylation sites (tertiary alicyclic amines) is 1. The van der Waals surface area contributed by atoms with E-state index in [1.54, 1.807) is 12.1 Å². The van der Waals surface area contributed by atoms with E-state index in [-0.39, 0.29) is 22.2 Å². The van der Waals surface area contributed by atoms with E-state index in [1.165, 1.54) is 0 Å². The summed E-state index contributed by atoms with van der Waals surface area (Å²) in [6, 6.07) is 5.20. The number of benzene rings is 1. The van der Waals surface area contributed by atoms with Crippen LogP contribution in [0, 0.1) is 15.5 Å². The Morgan fingerprint density at radius 2 is 2.25 bits per heavy atom. The molecule has 1 aromatic carbocycles. The number of hydrogen-bond donors (Lipinski definition) is 1. The van der Waals surface area contributed by atoms with Crippen LogP contribution in [0.15, 0.2) is 18.2 Å². The van der Waals surface area contributed by atoms with Gasteiger partial charge in [-0.05, 0) is 23.5 Å². The lowest BCUT2D eigenvalue weighted by Crippen LogP contribution is -2.52. The zero-order valence-corrected chi connectivity index (χ0v) is 12.6. The van der Waals surface area contributed by atoms with Gasteiger partial charge in [0.25, 0.3) is 5.69 Å². The van der Waals surface area contributed by atoms with E-state index < -0.39 is 4.92 Å². The number of nitro benzene ring substituents is 1. The average molecular weight is 298 g/mol. The highest BCUT2D eigenvalue weighted by Crippen LogP contribution is 2.30. The highest BCUT2D eigenvalue weighted by molar-refractivity contribution is 6.32. The molecule has 1 aliphatic heterocycles. The Hall–Kier alpha value is -1.17. The number of nitro groups is 1. The van der Waals surface area contributed by atoms with Gasteiger partial charge in [0.05, 0.1) is 4.92 Å². The summed E-state index contributed by atoms with van der Waals surface area (Å²) in [5.41, 5.74) is 7.06. The number of hydrogen-bond acceptors (Lipinski definition) is 4. The minimum Gasteiger partial charge on any atom is -0.327 e. The Morgan fingerprint density at radius 1 is 1.55 bits per heavy atom. The normalized spacial score (nSPS) is 22.7. The molecule has 20 heavy (non-hydrogen) atoms. The van der Waals surface area contributed by atoms with Crippen molar-refractivity contribution in [2.24, 2.45) is 11.1 Å². The second kappa shape index (κ2) is 5.68. The molecule has 1 atom stereocenters. The van der Waals surface area contributed by atoms with Crippen LogP contribution in [-0.2, 0) is 6.54 Å². The highest BCUT2D eigenvalue weighted by Gasteiger charge is 2.33. The van der Waals surface area contributed by atoms with Crippen molar-refractivity contribution in [1.82, 2.24) is 4.90 Å². The van der Waals surface area contributed by atoms with Gasteiger partial charge in [-0.2, -0.15) is 0 Å². The SMILES string of the molecule is CC1(C)CN(Cc2ccc(Cl)c([N+](=O)[O-])c2)CCC1N. The summed E-state index contributed by atoms with van der Waals surface area (Å²) in [4.78, 5) is 12.7. The number of halogens is 1. The third-order valence-electron chi connectivity index (χ3n) is 4.00. The molecular weight excluding hydrogens is 278 g/mol. The smallest absolute Gasteiger partial charge is 0.288 e. The van der Waals surface area contributed by atoms with E-state index in [0.29, 0.717) is 6.54 Å². The summed E-state index contributed by atoms with van der Waals surface area (Å²) in [6.45, 7) is 6.82. The van der Waals surface area contributed by atoms with Gasteiger partial charge in [-0.1, -0.05) is 31.5 Å². The van der Waals surface area contributed by atoms with Gasteiger partial charge < -0.3 is 5.73 Å². The van der Waals surface area contributed by atoms with Gasteiger partial charge in [-0.15, -0.1) is 0 Å². The van der Waals surface area contributed by atoms with Crippen molar-refractivity contribution in [3.05, 3.63) is 38.9 Å². The van der Waals surface area contributed by atoms with E-state index in [0.717, 1.165) is 25.1 Å². The third-order valence-corrected chi connectivity index (χ3v) is 4.32. The molecule has 1 heterocycles. The van der Waals surface area contributed by atoms with Gasteiger partial charge in [-0.3, -0.25) is 15.0 Å². The van der Waals surface area contributed by atoms with Crippen molar-refractivity contribution >= 4 is 17.3 Å². The van der Waals surface area contributed by atoms with Crippen LogP contribution in [0.4, 0.5) is 5.69 Å². The van der Waals surface area contributed by atoms with E-state index in [4.69, 9.17) is 17.3 Å². The lowest BCUT2D eigenvalue weighted by atomic mass is 9.79. The quantitative estimate of drug-likeness (QED) is 0.688. The Bertz CT molecular complexity index is 519. The molecular formula is C14H20ClN3O2. The summed E-state index contributed by atoms with van der Waals surface area (Å²) in [5.74, 6) is 0. The molecule has 6 heteroatoms. The topological polar surface area (TPSA) is 72.4 Å². The molecule has 110 valence electrons.